The van der Waals surface area contributed by atoms with Crippen molar-refractivity contribution in [3.63, 3.8) is 0 Å². The van der Waals surface area contributed by atoms with Crippen LogP contribution in [0.1, 0.15) is 46.0 Å². The summed E-state index contributed by atoms with van der Waals surface area (Å²) in [4.78, 5) is 4.66. The molecule has 5 atom stereocenters. The molecule has 5 unspecified atom stereocenters. The summed E-state index contributed by atoms with van der Waals surface area (Å²) in [5.41, 5.74) is -0.617. The minimum Gasteiger partial charge on any atom is -0.387 e. The molecule has 5 nitrogen and oxygen atoms in total. The third-order valence-corrected chi connectivity index (χ3v) is 6.50. The zero-order valence-electron chi connectivity index (χ0n) is 14.1. The second kappa shape index (κ2) is 8.58. The molecule has 0 amide bonds. The predicted molar refractivity (Wildman–Crippen MR) is 107 cm³/mol. The standard InChI is InChI=1S/C16H29N3O2S.HI/c1-3-17-15(19-12-9-11-5-6-13(12)21-11)18-10-16(20)8-7-14(16)22-4-2;/h11-14,20H,3-10H2,1-2H3,(H2,17,18,19);1H. The highest BCUT2D eigenvalue weighted by atomic mass is 127. The molecule has 0 aromatic heterocycles. The SMILES string of the molecule is CCNC(=NCC1(O)CCC1SCC)NC1CC2CCC1O2.I. The van der Waals surface area contributed by atoms with Crippen molar-refractivity contribution >= 4 is 41.7 Å². The third kappa shape index (κ3) is 4.46. The molecule has 1 aliphatic carbocycles. The normalized spacial score (nSPS) is 38.8. The monoisotopic (exact) mass is 455 g/mol. The van der Waals surface area contributed by atoms with Crippen molar-refractivity contribution in [1.82, 2.24) is 10.6 Å². The number of nitrogens with one attached hydrogen (secondary N) is 2. The summed E-state index contributed by atoms with van der Waals surface area (Å²) >= 11 is 1.85. The van der Waals surface area contributed by atoms with Crippen LogP contribution in [0.15, 0.2) is 4.99 Å². The van der Waals surface area contributed by atoms with E-state index in [9.17, 15) is 5.11 Å². The van der Waals surface area contributed by atoms with Crippen molar-refractivity contribution in [3.05, 3.63) is 0 Å². The van der Waals surface area contributed by atoms with Gasteiger partial charge in [0.15, 0.2) is 5.96 Å². The van der Waals surface area contributed by atoms with Crippen LogP contribution in [0.5, 0.6) is 0 Å². The number of fused-ring (bicyclic) bond motifs is 2. The van der Waals surface area contributed by atoms with E-state index in [4.69, 9.17) is 4.74 Å². The number of hydrogen-bond donors (Lipinski definition) is 3. The fourth-order valence-electron chi connectivity index (χ4n) is 3.72. The van der Waals surface area contributed by atoms with E-state index in [0.29, 0.717) is 30.0 Å². The largest absolute Gasteiger partial charge is 0.387 e. The Morgan fingerprint density at radius 1 is 1.35 bits per heavy atom. The number of guanidine groups is 1. The molecule has 134 valence electrons. The van der Waals surface area contributed by atoms with E-state index in [-0.39, 0.29) is 24.0 Å². The van der Waals surface area contributed by atoms with Crippen LogP contribution >= 0.6 is 35.7 Å². The van der Waals surface area contributed by atoms with Crippen molar-refractivity contribution in [1.29, 1.82) is 0 Å². The smallest absolute Gasteiger partial charge is 0.191 e. The fraction of sp³-hybridized carbons (Fsp3) is 0.938. The number of ether oxygens (including phenoxy) is 1. The van der Waals surface area contributed by atoms with E-state index < -0.39 is 5.60 Å². The van der Waals surface area contributed by atoms with Crippen molar-refractivity contribution < 1.29 is 9.84 Å². The van der Waals surface area contributed by atoms with Crippen LogP contribution in [0.25, 0.3) is 0 Å². The van der Waals surface area contributed by atoms with E-state index in [2.05, 4.69) is 29.5 Å². The summed E-state index contributed by atoms with van der Waals surface area (Å²) in [5, 5.41) is 17.8. The molecule has 3 aliphatic rings. The molecule has 3 fully saturated rings. The van der Waals surface area contributed by atoms with Gasteiger partial charge in [-0.1, -0.05) is 6.92 Å². The van der Waals surface area contributed by atoms with Crippen LogP contribution in [-0.4, -0.2) is 59.0 Å². The number of hydrogen-bond acceptors (Lipinski definition) is 4. The van der Waals surface area contributed by atoms with Crippen molar-refractivity contribution in [3.8, 4) is 0 Å². The summed E-state index contributed by atoms with van der Waals surface area (Å²) in [5.74, 6) is 1.88. The third-order valence-electron chi connectivity index (χ3n) is 5.09. The second-order valence-corrected chi connectivity index (χ2v) is 8.12. The topological polar surface area (TPSA) is 65.9 Å². The Balaban J connectivity index is 0.00000192. The lowest BCUT2D eigenvalue weighted by Gasteiger charge is -2.44. The minimum atomic E-state index is -0.617. The van der Waals surface area contributed by atoms with Gasteiger partial charge in [-0.25, -0.2) is 0 Å². The lowest BCUT2D eigenvalue weighted by molar-refractivity contribution is -0.0154. The molecule has 0 aromatic rings. The highest BCUT2D eigenvalue weighted by Crippen LogP contribution is 2.41. The number of aliphatic hydroxyl groups is 1. The van der Waals surface area contributed by atoms with E-state index in [0.717, 1.165) is 43.9 Å². The zero-order chi connectivity index (χ0) is 15.6. The molecule has 2 heterocycles. The molecule has 23 heavy (non-hydrogen) atoms. The molecule has 2 bridgehead atoms. The van der Waals surface area contributed by atoms with Crippen LogP contribution in [0.2, 0.25) is 0 Å². The number of rotatable bonds is 6. The number of thioether (sulfide) groups is 1. The minimum absolute atomic E-state index is 0. The molecule has 0 radical (unpaired) electrons. The van der Waals surface area contributed by atoms with E-state index in [1.807, 2.05) is 11.8 Å². The van der Waals surface area contributed by atoms with Gasteiger partial charge in [-0.15, -0.1) is 24.0 Å². The number of aliphatic imine (C=N–C) groups is 1. The molecular weight excluding hydrogens is 425 g/mol. The van der Waals surface area contributed by atoms with Crippen LogP contribution in [0.4, 0.5) is 0 Å². The van der Waals surface area contributed by atoms with Crippen LogP contribution in [0, 0.1) is 0 Å². The molecular formula is C16H30IN3O2S. The maximum atomic E-state index is 10.7. The Kier molecular flexibility index (Phi) is 7.31. The second-order valence-electron chi connectivity index (χ2n) is 6.64. The predicted octanol–water partition coefficient (Wildman–Crippen LogP) is 2.13. The lowest BCUT2D eigenvalue weighted by Crippen LogP contribution is -2.53. The van der Waals surface area contributed by atoms with Gasteiger partial charge in [-0.3, -0.25) is 4.99 Å². The van der Waals surface area contributed by atoms with E-state index >= 15 is 0 Å². The quantitative estimate of drug-likeness (QED) is 0.326. The summed E-state index contributed by atoms with van der Waals surface area (Å²) in [6.07, 6.45) is 6.18. The van der Waals surface area contributed by atoms with Gasteiger partial charge in [0.1, 0.15) is 0 Å². The molecule has 3 N–H and O–H groups in total. The molecule has 0 aromatic carbocycles. The highest BCUT2D eigenvalue weighted by Gasteiger charge is 2.45. The zero-order valence-corrected chi connectivity index (χ0v) is 17.2. The van der Waals surface area contributed by atoms with E-state index in [1.165, 1.54) is 6.42 Å². The summed E-state index contributed by atoms with van der Waals surface area (Å²) < 4.78 is 5.89. The molecule has 0 spiro atoms. The van der Waals surface area contributed by atoms with Gasteiger partial charge in [0.2, 0.25) is 0 Å². The first-order valence-corrected chi connectivity index (χ1v) is 9.73. The molecule has 3 rings (SSSR count). The van der Waals surface area contributed by atoms with Crippen LogP contribution in [0.3, 0.4) is 0 Å². The fourth-order valence-corrected chi connectivity index (χ4v) is 4.91. The van der Waals surface area contributed by atoms with Crippen LogP contribution in [-0.2, 0) is 4.74 Å². The Labute approximate surface area is 160 Å². The highest BCUT2D eigenvalue weighted by molar-refractivity contribution is 14.0. The average Bonchev–Trinajstić information content (AvgIpc) is 3.12. The van der Waals surface area contributed by atoms with Gasteiger partial charge in [-0.05, 0) is 44.8 Å². The number of halogens is 1. The first kappa shape index (κ1) is 19.6. The van der Waals surface area contributed by atoms with Crippen molar-refractivity contribution in [2.24, 2.45) is 4.99 Å². The summed E-state index contributed by atoms with van der Waals surface area (Å²) in [6.45, 7) is 5.54. The molecule has 7 heteroatoms. The maximum Gasteiger partial charge on any atom is 0.191 e. The Hall–Kier alpha value is 0.270. The molecule has 2 saturated heterocycles. The van der Waals surface area contributed by atoms with Gasteiger partial charge in [0.05, 0.1) is 30.4 Å². The lowest BCUT2D eigenvalue weighted by atomic mass is 9.79. The summed E-state index contributed by atoms with van der Waals surface area (Å²) in [6, 6.07) is 0.369. The Morgan fingerprint density at radius 3 is 2.70 bits per heavy atom. The Morgan fingerprint density at radius 2 is 2.17 bits per heavy atom. The first-order valence-electron chi connectivity index (χ1n) is 8.69. The maximum absolute atomic E-state index is 10.7. The first-order chi connectivity index (χ1) is 10.6. The van der Waals surface area contributed by atoms with Crippen LogP contribution < -0.4 is 10.6 Å². The Bertz CT molecular complexity index is 426. The molecule has 1 saturated carbocycles. The van der Waals surface area contributed by atoms with Gasteiger partial charge < -0.3 is 20.5 Å². The van der Waals surface area contributed by atoms with Crippen molar-refractivity contribution in [2.75, 3.05) is 18.8 Å². The van der Waals surface area contributed by atoms with Gasteiger partial charge in [-0.2, -0.15) is 11.8 Å². The average molecular weight is 455 g/mol. The molecule has 2 aliphatic heterocycles. The van der Waals surface area contributed by atoms with Crippen molar-refractivity contribution in [2.45, 2.75) is 75.1 Å². The number of nitrogens with zero attached hydrogens (tertiary/aromatic N) is 1. The van der Waals surface area contributed by atoms with Gasteiger partial charge in [0, 0.05) is 11.8 Å². The van der Waals surface area contributed by atoms with Gasteiger partial charge in [0.25, 0.3) is 0 Å². The van der Waals surface area contributed by atoms with Gasteiger partial charge >= 0.3 is 0 Å². The van der Waals surface area contributed by atoms with E-state index in [1.54, 1.807) is 0 Å². The summed E-state index contributed by atoms with van der Waals surface area (Å²) in [7, 11) is 0.